The second-order valence-corrected chi connectivity index (χ2v) is 8.19. The minimum absolute atomic E-state index is 0.161. The normalized spacial score (nSPS) is 10.5. The van der Waals surface area contributed by atoms with Crippen molar-refractivity contribution in [1.29, 1.82) is 0 Å². The van der Waals surface area contributed by atoms with Crippen LogP contribution in [0.1, 0.15) is 45.7 Å². The Morgan fingerprint density at radius 1 is 1.10 bits per heavy atom. The number of carbonyl (C=O) groups excluding carboxylic acids is 1. The third-order valence-corrected chi connectivity index (χ3v) is 5.70. The number of hydrogen-bond acceptors (Lipinski definition) is 5. The van der Waals surface area contributed by atoms with E-state index in [1.165, 1.54) is 13.2 Å². The highest BCUT2D eigenvalue weighted by Gasteiger charge is 2.25. The molecule has 2 aromatic carbocycles. The van der Waals surface area contributed by atoms with Crippen LogP contribution in [0, 0.1) is 0 Å². The molecule has 0 aliphatic heterocycles. The fraction of sp³-hybridized carbons (Fsp3) is 0.200. The zero-order valence-electron chi connectivity index (χ0n) is 17.6. The van der Waals surface area contributed by atoms with E-state index in [2.05, 4.69) is 0 Å². The van der Waals surface area contributed by atoms with E-state index >= 15 is 0 Å². The van der Waals surface area contributed by atoms with Gasteiger partial charge in [-0.1, -0.05) is 29.8 Å². The van der Waals surface area contributed by atoms with Crippen molar-refractivity contribution in [2.45, 2.75) is 26.7 Å². The van der Waals surface area contributed by atoms with E-state index in [0.717, 1.165) is 16.7 Å². The number of thiophene rings is 1. The molecule has 0 atom stereocenters. The molecule has 160 valence electrons. The number of Topliss-reactive ketones (excluding diaryl/α,β-unsaturated/α-hetero) is 1. The van der Waals surface area contributed by atoms with Gasteiger partial charge in [-0.25, -0.2) is 4.79 Å². The first kappa shape index (κ1) is 22.3. The molecule has 0 aliphatic rings. The van der Waals surface area contributed by atoms with E-state index in [1.54, 1.807) is 23.5 Å². The maximum Gasteiger partial charge on any atom is 0.339 e. The van der Waals surface area contributed by atoms with Crippen molar-refractivity contribution in [3.8, 4) is 22.6 Å². The first-order valence-electron chi connectivity index (χ1n) is 9.76. The molecule has 0 unspecified atom stereocenters. The Morgan fingerprint density at radius 2 is 1.87 bits per heavy atom. The van der Waals surface area contributed by atoms with Gasteiger partial charge in [-0.05, 0) is 59.9 Å². The predicted octanol–water partition coefficient (Wildman–Crippen LogP) is 5.76. The molecular weight excluding hydrogens is 412 g/mol. The Hall–Kier alpha value is -3.38. The second kappa shape index (κ2) is 9.62. The molecule has 0 spiro atoms. The van der Waals surface area contributed by atoms with Crippen LogP contribution in [-0.2, 0) is 12.8 Å². The number of ether oxygens (including phenoxy) is 1. The topological polar surface area (TPSA) is 83.8 Å². The molecule has 0 saturated carbocycles. The van der Waals surface area contributed by atoms with Crippen LogP contribution in [-0.4, -0.2) is 29.1 Å². The van der Waals surface area contributed by atoms with Crippen LogP contribution < -0.4 is 4.74 Å². The van der Waals surface area contributed by atoms with E-state index in [0.29, 0.717) is 23.3 Å². The molecule has 1 aromatic heterocycles. The fourth-order valence-corrected chi connectivity index (χ4v) is 4.11. The minimum atomic E-state index is -1.28. The summed E-state index contributed by atoms with van der Waals surface area (Å²) in [5.41, 5.74) is 4.07. The highest BCUT2D eigenvalue weighted by molar-refractivity contribution is 7.08. The lowest BCUT2D eigenvalue weighted by molar-refractivity contribution is 0.0692. The number of carboxylic acid groups (broad SMARTS) is 1. The van der Waals surface area contributed by atoms with Gasteiger partial charge < -0.3 is 14.9 Å². The molecule has 0 aliphatic carbocycles. The van der Waals surface area contributed by atoms with Crippen LogP contribution in [0.3, 0.4) is 0 Å². The van der Waals surface area contributed by atoms with Crippen LogP contribution >= 0.6 is 11.3 Å². The van der Waals surface area contributed by atoms with Gasteiger partial charge in [0, 0.05) is 23.6 Å². The van der Waals surface area contributed by atoms with Crippen LogP contribution in [0.15, 0.2) is 58.8 Å². The van der Waals surface area contributed by atoms with Gasteiger partial charge in [-0.3, -0.25) is 4.79 Å². The summed E-state index contributed by atoms with van der Waals surface area (Å²) < 4.78 is 5.40. The summed E-state index contributed by atoms with van der Waals surface area (Å²) in [7, 11) is 1.46. The largest absolute Gasteiger partial charge is 0.507 e. The first-order valence-corrected chi connectivity index (χ1v) is 10.7. The van der Waals surface area contributed by atoms with Gasteiger partial charge in [-0.2, -0.15) is 11.3 Å². The molecule has 6 heteroatoms. The Bertz CT molecular complexity index is 1140. The Morgan fingerprint density at radius 3 is 2.48 bits per heavy atom. The van der Waals surface area contributed by atoms with Crippen molar-refractivity contribution in [1.82, 2.24) is 0 Å². The second-order valence-electron chi connectivity index (χ2n) is 7.41. The van der Waals surface area contributed by atoms with E-state index < -0.39 is 11.7 Å². The van der Waals surface area contributed by atoms with Gasteiger partial charge in [0.15, 0.2) is 5.78 Å². The standard InChI is InChI=1S/C25H24O5S/c1-15(2)7-8-19-20(24(25(28)29)22(27)13-23(19)30-3)12-21(26)17-6-4-5-16(11-17)18-9-10-31-14-18/h4-7,9-11,13-14,27H,8,12H2,1-3H3,(H,28,29). The molecule has 0 radical (unpaired) electrons. The summed E-state index contributed by atoms with van der Waals surface area (Å²) in [5, 5.41) is 24.1. The number of benzene rings is 2. The maximum atomic E-state index is 13.2. The zero-order chi connectivity index (χ0) is 22.5. The molecule has 0 bridgehead atoms. The molecule has 0 saturated heterocycles. The summed E-state index contributed by atoms with van der Waals surface area (Å²) in [6, 6.07) is 10.5. The molecule has 0 fully saturated rings. The average molecular weight is 437 g/mol. The predicted molar refractivity (Wildman–Crippen MR) is 123 cm³/mol. The van der Waals surface area contributed by atoms with Crippen LogP contribution in [0.2, 0.25) is 0 Å². The number of carbonyl (C=O) groups is 2. The summed E-state index contributed by atoms with van der Waals surface area (Å²) in [4.78, 5) is 25.1. The van der Waals surface area contributed by atoms with E-state index in [-0.39, 0.29) is 23.3 Å². The van der Waals surface area contributed by atoms with E-state index in [1.807, 2.05) is 48.9 Å². The molecule has 0 amide bonds. The maximum absolute atomic E-state index is 13.2. The van der Waals surface area contributed by atoms with Crippen LogP contribution in [0.25, 0.3) is 11.1 Å². The van der Waals surface area contributed by atoms with Gasteiger partial charge in [0.2, 0.25) is 0 Å². The number of phenols is 1. The average Bonchev–Trinajstić information content (AvgIpc) is 3.27. The number of ketones is 1. The fourth-order valence-electron chi connectivity index (χ4n) is 3.45. The summed E-state index contributed by atoms with van der Waals surface area (Å²) in [6.07, 6.45) is 2.17. The zero-order valence-corrected chi connectivity index (χ0v) is 18.5. The highest BCUT2D eigenvalue weighted by atomic mass is 32.1. The SMILES string of the molecule is COc1cc(O)c(C(=O)O)c(CC(=O)c2cccc(-c3ccsc3)c2)c1CC=C(C)C. The van der Waals surface area contributed by atoms with Crippen molar-refractivity contribution in [2.24, 2.45) is 0 Å². The Kier molecular flexibility index (Phi) is 6.92. The van der Waals surface area contributed by atoms with Gasteiger partial charge in [0.25, 0.3) is 0 Å². The number of aromatic carboxylic acids is 1. The molecule has 3 rings (SSSR count). The third kappa shape index (κ3) is 5.03. The number of allylic oxidation sites excluding steroid dienone is 2. The number of carboxylic acids is 1. The van der Waals surface area contributed by atoms with Crippen molar-refractivity contribution in [2.75, 3.05) is 7.11 Å². The van der Waals surface area contributed by atoms with Crippen LogP contribution in [0.4, 0.5) is 0 Å². The quantitative estimate of drug-likeness (QED) is 0.346. The third-order valence-electron chi connectivity index (χ3n) is 5.01. The number of hydrogen-bond donors (Lipinski definition) is 2. The molecule has 1 heterocycles. The monoisotopic (exact) mass is 436 g/mol. The molecule has 31 heavy (non-hydrogen) atoms. The summed E-state index contributed by atoms with van der Waals surface area (Å²) >= 11 is 1.57. The number of methoxy groups -OCH3 is 1. The number of aromatic hydroxyl groups is 1. The summed E-state index contributed by atoms with van der Waals surface area (Å²) in [6.45, 7) is 3.87. The molecular formula is C25H24O5S. The van der Waals surface area contributed by atoms with E-state index in [9.17, 15) is 19.8 Å². The molecule has 3 aromatic rings. The Balaban J connectivity index is 2.07. The number of rotatable bonds is 8. The van der Waals surface area contributed by atoms with Gasteiger partial charge in [-0.15, -0.1) is 0 Å². The van der Waals surface area contributed by atoms with Gasteiger partial charge in [0.1, 0.15) is 17.1 Å². The van der Waals surface area contributed by atoms with Gasteiger partial charge >= 0.3 is 5.97 Å². The highest BCUT2D eigenvalue weighted by Crippen LogP contribution is 2.35. The van der Waals surface area contributed by atoms with Crippen molar-refractivity contribution in [3.05, 3.63) is 81.1 Å². The summed E-state index contributed by atoms with van der Waals surface area (Å²) in [5.74, 6) is -1.57. The van der Waals surface area contributed by atoms with E-state index in [4.69, 9.17) is 4.74 Å². The van der Waals surface area contributed by atoms with Crippen molar-refractivity contribution in [3.63, 3.8) is 0 Å². The molecule has 5 nitrogen and oxygen atoms in total. The molecule has 2 N–H and O–H groups in total. The lowest BCUT2D eigenvalue weighted by atomic mass is 9.90. The lowest BCUT2D eigenvalue weighted by Gasteiger charge is -2.17. The van der Waals surface area contributed by atoms with Crippen molar-refractivity contribution >= 4 is 23.1 Å². The lowest BCUT2D eigenvalue weighted by Crippen LogP contribution is -2.13. The Labute approximate surface area is 185 Å². The van der Waals surface area contributed by atoms with Gasteiger partial charge in [0.05, 0.1) is 7.11 Å². The first-order chi connectivity index (χ1) is 14.8. The minimum Gasteiger partial charge on any atom is -0.507 e. The van der Waals surface area contributed by atoms with Crippen LogP contribution in [0.5, 0.6) is 11.5 Å². The van der Waals surface area contributed by atoms with Crippen molar-refractivity contribution < 1.29 is 24.5 Å². The smallest absolute Gasteiger partial charge is 0.339 e.